The van der Waals surface area contributed by atoms with E-state index >= 15 is 0 Å². The molecule has 0 unspecified atom stereocenters. The van der Waals surface area contributed by atoms with Crippen LogP contribution < -0.4 is 10.6 Å². The second-order valence-corrected chi connectivity index (χ2v) is 11.7. The predicted molar refractivity (Wildman–Crippen MR) is 148 cm³/mol. The molecule has 4 aromatic heterocycles. The van der Waals surface area contributed by atoms with Crippen molar-refractivity contribution in [2.45, 2.75) is 51.2 Å². The molecule has 1 aliphatic heterocycles. The number of pyridine rings is 1. The van der Waals surface area contributed by atoms with Gasteiger partial charge in [0, 0.05) is 56.9 Å². The predicted octanol–water partition coefficient (Wildman–Crippen LogP) is 2.45. The summed E-state index contributed by atoms with van der Waals surface area (Å²) in [5, 5.41) is 11.3. The number of sulfonamides is 1. The van der Waals surface area contributed by atoms with Crippen molar-refractivity contribution < 1.29 is 8.42 Å². The maximum absolute atomic E-state index is 12.9. The van der Waals surface area contributed by atoms with Gasteiger partial charge in [-0.3, -0.25) is 4.98 Å². The largest absolute Gasteiger partial charge is 0.351 e. The van der Waals surface area contributed by atoms with Crippen molar-refractivity contribution in [1.29, 1.82) is 0 Å². The first kappa shape index (κ1) is 26.9. The van der Waals surface area contributed by atoms with Crippen LogP contribution in [0.2, 0.25) is 0 Å². The van der Waals surface area contributed by atoms with Crippen LogP contribution in [0.3, 0.4) is 0 Å². The molecule has 0 aliphatic carbocycles. The Balaban J connectivity index is 1.26. The number of rotatable bonds is 9. The molecular weight excluding hydrogens is 516 g/mol. The van der Waals surface area contributed by atoms with Crippen LogP contribution in [0.1, 0.15) is 36.7 Å². The molecule has 1 saturated heterocycles. The van der Waals surface area contributed by atoms with Gasteiger partial charge in [-0.2, -0.15) is 9.40 Å². The zero-order valence-electron chi connectivity index (χ0n) is 22.7. The van der Waals surface area contributed by atoms with Crippen molar-refractivity contribution in [2.75, 3.05) is 25.0 Å². The third kappa shape index (κ3) is 5.84. The van der Waals surface area contributed by atoms with Crippen LogP contribution in [-0.4, -0.2) is 72.7 Å². The average molecular weight is 551 g/mol. The molecule has 1 aliphatic rings. The Kier molecular flexibility index (Phi) is 7.73. The van der Waals surface area contributed by atoms with Crippen LogP contribution >= 0.6 is 0 Å². The van der Waals surface area contributed by atoms with Gasteiger partial charge in [0.2, 0.25) is 5.95 Å². The molecule has 39 heavy (non-hydrogen) atoms. The highest BCUT2D eigenvalue weighted by molar-refractivity contribution is 7.89. The van der Waals surface area contributed by atoms with Crippen molar-refractivity contribution >= 4 is 16.0 Å². The van der Waals surface area contributed by atoms with E-state index in [4.69, 9.17) is 9.97 Å². The number of hydrogen-bond acceptors (Lipinski definition) is 9. The lowest BCUT2D eigenvalue weighted by atomic mass is 10.1. The van der Waals surface area contributed by atoms with E-state index in [1.807, 2.05) is 36.9 Å². The molecule has 0 atom stereocenters. The molecule has 0 radical (unpaired) electrons. The number of anilines is 1. The zero-order chi connectivity index (χ0) is 27.6. The van der Waals surface area contributed by atoms with Gasteiger partial charge in [0.25, 0.3) is 10.0 Å². The van der Waals surface area contributed by atoms with Crippen LogP contribution in [0.5, 0.6) is 0 Å². The van der Waals surface area contributed by atoms with Gasteiger partial charge in [0.15, 0.2) is 5.03 Å². The monoisotopic (exact) mass is 550 g/mol. The summed E-state index contributed by atoms with van der Waals surface area (Å²) in [6.45, 7) is 8.47. The fourth-order valence-corrected chi connectivity index (χ4v) is 6.09. The standard InChI is InChI=1S/C26H34N10O2S/c1-5-27-14-22-6-7-23(19(3)31-22)36-15-20(13-30-36)25-18(2)12-28-26(33-25)32-21-8-10-35(11-9-21)39(37,38)24-16-34(4)17-29-24/h6-7,12-13,15-17,21,27H,5,8-11,14H2,1-4H3,(H,28,32,33). The van der Waals surface area contributed by atoms with E-state index in [1.54, 1.807) is 24.0 Å². The van der Waals surface area contributed by atoms with Crippen LogP contribution in [0, 0.1) is 13.8 Å². The van der Waals surface area contributed by atoms with E-state index in [9.17, 15) is 8.42 Å². The Morgan fingerprint density at radius 3 is 2.54 bits per heavy atom. The van der Waals surface area contributed by atoms with Crippen molar-refractivity contribution in [2.24, 2.45) is 7.05 Å². The molecule has 12 nitrogen and oxygen atoms in total. The highest BCUT2D eigenvalue weighted by Gasteiger charge is 2.31. The second-order valence-electron chi connectivity index (χ2n) is 9.79. The maximum Gasteiger partial charge on any atom is 0.262 e. The van der Waals surface area contributed by atoms with Crippen LogP contribution in [-0.2, 0) is 23.6 Å². The van der Waals surface area contributed by atoms with Crippen LogP contribution in [0.15, 0.2) is 48.3 Å². The lowest BCUT2D eigenvalue weighted by molar-refractivity contribution is 0.328. The highest BCUT2D eigenvalue weighted by atomic mass is 32.2. The van der Waals surface area contributed by atoms with Gasteiger partial charge in [-0.25, -0.2) is 28.1 Å². The van der Waals surface area contributed by atoms with Crippen LogP contribution in [0.4, 0.5) is 5.95 Å². The number of aromatic nitrogens is 7. The third-order valence-electron chi connectivity index (χ3n) is 6.82. The van der Waals surface area contributed by atoms with Gasteiger partial charge in [-0.1, -0.05) is 6.92 Å². The number of nitrogens with one attached hydrogen (secondary N) is 2. The van der Waals surface area contributed by atoms with Gasteiger partial charge in [-0.15, -0.1) is 0 Å². The minimum atomic E-state index is -3.59. The molecule has 0 spiro atoms. The molecule has 13 heteroatoms. The van der Waals surface area contributed by atoms with Gasteiger partial charge >= 0.3 is 0 Å². The fourth-order valence-electron chi connectivity index (χ4n) is 4.66. The summed E-state index contributed by atoms with van der Waals surface area (Å²) in [4.78, 5) is 18.0. The minimum Gasteiger partial charge on any atom is -0.351 e. The quantitative estimate of drug-likeness (QED) is 0.322. The van der Waals surface area contributed by atoms with Gasteiger partial charge in [0.05, 0.1) is 35.3 Å². The first-order valence-electron chi connectivity index (χ1n) is 13.1. The molecule has 0 saturated carbocycles. The molecule has 0 amide bonds. The Labute approximate surface area is 228 Å². The van der Waals surface area contributed by atoms with Crippen molar-refractivity contribution in [3.63, 3.8) is 0 Å². The Morgan fingerprint density at radius 2 is 1.85 bits per heavy atom. The van der Waals surface area contributed by atoms with E-state index < -0.39 is 10.0 Å². The van der Waals surface area contributed by atoms with E-state index in [0.29, 0.717) is 31.9 Å². The molecule has 4 aromatic rings. The summed E-state index contributed by atoms with van der Waals surface area (Å²) in [7, 11) is -1.84. The first-order chi connectivity index (χ1) is 18.7. The molecule has 5 rings (SSSR count). The Bertz CT molecular complexity index is 1550. The summed E-state index contributed by atoms with van der Waals surface area (Å²) in [5.74, 6) is 0.514. The van der Waals surface area contributed by atoms with Gasteiger partial charge in [-0.05, 0) is 50.9 Å². The molecule has 0 aromatic carbocycles. The Hall–Kier alpha value is -3.68. The number of hydrogen-bond donors (Lipinski definition) is 2. The smallest absolute Gasteiger partial charge is 0.262 e. The normalized spacial score (nSPS) is 15.1. The second kappa shape index (κ2) is 11.2. The summed E-state index contributed by atoms with van der Waals surface area (Å²) in [5.41, 5.74) is 5.42. The lowest BCUT2D eigenvalue weighted by Crippen LogP contribution is -2.42. The van der Waals surface area contributed by atoms with E-state index in [0.717, 1.165) is 47.0 Å². The topological polar surface area (TPSA) is 136 Å². The van der Waals surface area contributed by atoms with E-state index in [-0.39, 0.29) is 11.1 Å². The Morgan fingerprint density at radius 1 is 1.05 bits per heavy atom. The maximum atomic E-state index is 12.9. The SMILES string of the molecule is CCNCc1ccc(-n2cc(-c3nc(NC4CCN(S(=O)(=O)c5cn(C)cn5)CC4)ncc3C)cn2)c(C)n1. The van der Waals surface area contributed by atoms with Crippen molar-refractivity contribution in [3.05, 3.63) is 60.2 Å². The molecule has 2 N–H and O–H groups in total. The van der Waals surface area contributed by atoms with E-state index in [1.165, 1.54) is 16.8 Å². The van der Waals surface area contributed by atoms with Gasteiger partial charge < -0.3 is 15.2 Å². The lowest BCUT2D eigenvalue weighted by Gasteiger charge is -2.31. The number of aryl methyl sites for hydroxylation is 3. The molecule has 206 valence electrons. The third-order valence-corrected chi connectivity index (χ3v) is 8.60. The van der Waals surface area contributed by atoms with E-state index in [2.05, 4.69) is 32.6 Å². The summed E-state index contributed by atoms with van der Waals surface area (Å²) in [6, 6.07) is 4.11. The minimum absolute atomic E-state index is 0.0629. The number of nitrogens with zero attached hydrogens (tertiary/aromatic N) is 8. The number of piperidine rings is 1. The van der Waals surface area contributed by atoms with Gasteiger partial charge in [0.1, 0.15) is 0 Å². The molecule has 0 bridgehead atoms. The average Bonchev–Trinajstić information content (AvgIpc) is 3.59. The molecule has 1 fully saturated rings. The summed E-state index contributed by atoms with van der Waals surface area (Å²) < 4.78 is 30.7. The van der Waals surface area contributed by atoms with Crippen molar-refractivity contribution in [1.82, 2.24) is 43.9 Å². The van der Waals surface area contributed by atoms with Crippen LogP contribution in [0.25, 0.3) is 16.9 Å². The summed E-state index contributed by atoms with van der Waals surface area (Å²) in [6.07, 6.45) is 9.86. The molecular formula is C26H34N10O2S. The summed E-state index contributed by atoms with van der Waals surface area (Å²) >= 11 is 0. The zero-order valence-corrected chi connectivity index (χ0v) is 23.5. The fraction of sp³-hybridized carbons (Fsp3) is 0.423. The van der Waals surface area contributed by atoms with Crippen molar-refractivity contribution in [3.8, 4) is 16.9 Å². The number of imidazole rings is 1. The molecule has 5 heterocycles. The first-order valence-corrected chi connectivity index (χ1v) is 14.5. The highest BCUT2D eigenvalue weighted by Crippen LogP contribution is 2.25.